The molecule has 1 N–H and O–H groups in total. The van der Waals surface area contributed by atoms with Gasteiger partial charge >= 0.3 is 0 Å². The molecule has 0 aromatic carbocycles. The summed E-state index contributed by atoms with van der Waals surface area (Å²) in [6, 6.07) is 5.13. The maximum Gasteiger partial charge on any atom is 0.118 e. The van der Waals surface area contributed by atoms with Gasteiger partial charge in [0.2, 0.25) is 0 Å². The van der Waals surface area contributed by atoms with E-state index in [1.807, 2.05) is 7.05 Å². The van der Waals surface area contributed by atoms with Crippen LogP contribution in [0.3, 0.4) is 0 Å². The summed E-state index contributed by atoms with van der Waals surface area (Å²) in [5, 5.41) is 3.28. The van der Waals surface area contributed by atoms with Gasteiger partial charge in [-0.15, -0.1) is 0 Å². The second kappa shape index (κ2) is 6.31. The first kappa shape index (κ1) is 14.2. The quantitative estimate of drug-likeness (QED) is 0.863. The molecule has 1 aliphatic heterocycles. The number of hydrogen-bond acceptors (Lipinski definition) is 3. The summed E-state index contributed by atoms with van der Waals surface area (Å²) < 4.78 is 6.08. The van der Waals surface area contributed by atoms with E-state index in [9.17, 15) is 0 Å². The zero-order valence-corrected chi connectivity index (χ0v) is 12.9. The van der Waals surface area contributed by atoms with Gasteiger partial charge in [-0.3, -0.25) is 4.90 Å². The molecule has 1 aromatic rings. The van der Waals surface area contributed by atoms with Crippen LogP contribution in [0, 0.1) is 5.92 Å². The summed E-state index contributed by atoms with van der Waals surface area (Å²) in [5.41, 5.74) is 0. The van der Waals surface area contributed by atoms with Crippen LogP contribution in [0.25, 0.3) is 0 Å². The van der Waals surface area contributed by atoms with Gasteiger partial charge < -0.3 is 9.73 Å². The molecule has 3 atom stereocenters. The van der Waals surface area contributed by atoms with Crippen LogP contribution in [0.1, 0.15) is 56.5 Å². The van der Waals surface area contributed by atoms with Crippen LogP contribution in [0.15, 0.2) is 16.5 Å². The summed E-state index contributed by atoms with van der Waals surface area (Å²) in [6.45, 7) is 5.65. The molecule has 0 spiro atoms. The highest BCUT2D eigenvalue weighted by Gasteiger charge is 2.36. The fourth-order valence-electron chi connectivity index (χ4n) is 3.50. The third-order valence-electron chi connectivity index (χ3n) is 4.99. The highest BCUT2D eigenvalue weighted by molar-refractivity contribution is 5.17. The van der Waals surface area contributed by atoms with Crippen molar-refractivity contribution in [1.29, 1.82) is 0 Å². The average Bonchev–Trinajstić information content (AvgIpc) is 3.00. The average molecular weight is 276 g/mol. The standard InChI is InChI=1S/C17H28N2O/c1-13-11-16(13)17-7-6-15(20-17)12-19-10-4-3-5-14(19)8-9-18-2/h6-7,13-14,16,18H,3-5,8-12H2,1-2H3. The maximum absolute atomic E-state index is 6.08. The summed E-state index contributed by atoms with van der Waals surface area (Å²) in [4.78, 5) is 2.62. The Morgan fingerprint density at radius 3 is 2.95 bits per heavy atom. The van der Waals surface area contributed by atoms with E-state index in [0.29, 0.717) is 5.92 Å². The first-order valence-electron chi connectivity index (χ1n) is 8.25. The summed E-state index contributed by atoms with van der Waals surface area (Å²) >= 11 is 0. The van der Waals surface area contributed by atoms with Crippen molar-refractivity contribution in [2.24, 2.45) is 5.92 Å². The van der Waals surface area contributed by atoms with Crippen molar-refractivity contribution in [3.63, 3.8) is 0 Å². The maximum atomic E-state index is 6.08. The first-order valence-corrected chi connectivity index (χ1v) is 8.25. The molecule has 112 valence electrons. The van der Waals surface area contributed by atoms with Crippen molar-refractivity contribution in [3.05, 3.63) is 23.7 Å². The Labute approximate surface area is 122 Å². The van der Waals surface area contributed by atoms with Gasteiger partial charge in [0, 0.05) is 12.0 Å². The van der Waals surface area contributed by atoms with E-state index in [0.717, 1.165) is 30.8 Å². The molecular weight excluding hydrogens is 248 g/mol. The molecule has 3 heteroatoms. The number of piperidine rings is 1. The molecule has 3 rings (SSSR count). The lowest BCUT2D eigenvalue weighted by Gasteiger charge is -2.35. The lowest BCUT2D eigenvalue weighted by atomic mass is 9.99. The first-order chi connectivity index (χ1) is 9.78. The van der Waals surface area contributed by atoms with Crippen LogP contribution in [0.5, 0.6) is 0 Å². The zero-order valence-electron chi connectivity index (χ0n) is 12.9. The van der Waals surface area contributed by atoms with Gasteiger partial charge in [-0.25, -0.2) is 0 Å². The van der Waals surface area contributed by atoms with Crippen LogP contribution in [0.2, 0.25) is 0 Å². The molecule has 20 heavy (non-hydrogen) atoms. The normalized spacial score (nSPS) is 30.6. The molecule has 3 nitrogen and oxygen atoms in total. The summed E-state index contributed by atoms with van der Waals surface area (Å²) in [7, 11) is 2.04. The number of furan rings is 1. The number of nitrogens with one attached hydrogen (secondary N) is 1. The minimum atomic E-state index is 0.699. The molecule has 1 aromatic heterocycles. The molecule has 0 amide bonds. The van der Waals surface area contributed by atoms with Gasteiger partial charge in [0.25, 0.3) is 0 Å². The van der Waals surface area contributed by atoms with Crippen molar-refractivity contribution < 1.29 is 4.42 Å². The van der Waals surface area contributed by atoms with E-state index in [4.69, 9.17) is 4.42 Å². The number of hydrogen-bond donors (Lipinski definition) is 1. The van der Waals surface area contributed by atoms with Crippen molar-refractivity contribution in [1.82, 2.24) is 10.2 Å². The SMILES string of the molecule is CNCCC1CCCCN1Cc1ccc(C2CC2C)o1. The van der Waals surface area contributed by atoms with Crippen molar-refractivity contribution in [2.75, 3.05) is 20.1 Å². The third-order valence-corrected chi connectivity index (χ3v) is 4.99. The molecule has 1 saturated heterocycles. The Bertz CT molecular complexity index is 428. The molecule has 1 saturated carbocycles. The highest BCUT2D eigenvalue weighted by atomic mass is 16.3. The van der Waals surface area contributed by atoms with Crippen LogP contribution >= 0.6 is 0 Å². The monoisotopic (exact) mass is 276 g/mol. The van der Waals surface area contributed by atoms with E-state index in [1.165, 1.54) is 44.4 Å². The number of likely N-dealkylation sites (tertiary alicyclic amines) is 1. The van der Waals surface area contributed by atoms with Gasteiger partial charge in [-0.1, -0.05) is 13.3 Å². The minimum absolute atomic E-state index is 0.699. The van der Waals surface area contributed by atoms with E-state index >= 15 is 0 Å². The lowest BCUT2D eigenvalue weighted by molar-refractivity contribution is 0.122. The Morgan fingerprint density at radius 2 is 2.20 bits per heavy atom. The van der Waals surface area contributed by atoms with Crippen LogP contribution < -0.4 is 5.32 Å². The predicted molar refractivity (Wildman–Crippen MR) is 81.8 cm³/mol. The topological polar surface area (TPSA) is 28.4 Å². The van der Waals surface area contributed by atoms with Crippen LogP contribution in [-0.4, -0.2) is 31.1 Å². The lowest BCUT2D eigenvalue weighted by Crippen LogP contribution is -2.40. The molecular formula is C17H28N2O. The Kier molecular flexibility index (Phi) is 4.47. The minimum Gasteiger partial charge on any atom is -0.464 e. The van der Waals surface area contributed by atoms with E-state index in [2.05, 4.69) is 29.3 Å². The van der Waals surface area contributed by atoms with Crippen LogP contribution in [-0.2, 0) is 6.54 Å². The van der Waals surface area contributed by atoms with Gasteiger partial charge in [0.1, 0.15) is 11.5 Å². The van der Waals surface area contributed by atoms with Crippen LogP contribution in [0.4, 0.5) is 0 Å². The Hall–Kier alpha value is -0.800. The van der Waals surface area contributed by atoms with Crippen molar-refractivity contribution >= 4 is 0 Å². The van der Waals surface area contributed by atoms with Gasteiger partial charge in [-0.05, 0) is 63.9 Å². The van der Waals surface area contributed by atoms with Gasteiger partial charge in [0.05, 0.1) is 6.54 Å². The molecule has 0 radical (unpaired) electrons. The second-order valence-electron chi connectivity index (χ2n) is 6.64. The van der Waals surface area contributed by atoms with E-state index in [1.54, 1.807) is 0 Å². The Morgan fingerprint density at radius 1 is 1.35 bits per heavy atom. The molecule has 2 heterocycles. The third kappa shape index (κ3) is 3.26. The smallest absolute Gasteiger partial charge is 0.118 e. The van der Waals surface area contributed by atoms with Gasteiger partial charge in [-0.2, -0.15) is 0 Å². The number of rotatable bonds is 6. The summed E-state index contributed by atoms with van der Waals surface area (Å²) in [6.07, 6.45) is 6.62. The second-order valence-corrected chi connectivity index (χ2v) is 6.64. The zero-order chi connectivity index (χ0) is 13.9. The number of nitrogens with zero attached hydrogens (tertiary/aromatic N) is 1. The van der Waals surface area contributed by atoms with Gasteiger partial charge in [0.15, 0.2) is 0 Å². The van der Waals surface area contributed by atoms with E-state index in [-0.39, 0.29) is 0 Å². The fraction of sp³-hybridized carbons (Fsp3) is 0.765. The molecule has 2 aliphatic rings. The summed E-state index contributed by atoms with van der Waals surface area (Å²) in [5.74, 6) is 3.91. The molecule has 3 unspecified atom stereocenters. The molecule has 0 bridgehead atoms. The van der Waals surface area contributed by atoms with E-state index < -0.39 is 0 Å². The predicted octanol–water partition coefficient (Wildman–Crippen LogP) is 3.37. The fourth-order valence-corrected chi connectivity index (χ4v) is 3.50. The Balaban J connectivity index is 1.58. The van der Waals surface area contributed by atoms with Crippen molar-refractivity contribution in [2.45, 2.75) is 57.5 Å². The molecule has 1 aliphatic carbocycles. The largest absolute Gasteiger partial charge is 0.464 e. The molecule has 2 fully saturated rings. The highest BCUT2D eigenvalue weighted by Crippen LogP contribution is 2.47. The van der Waals surface area contributed by atoms with Crippen molar-refractivity contribution in [3.8, 4) is 0 Å².